The van der Waals surface area contributed by atoms with Gasteiger partial charge in [-0.15, -0.1) is 5.10 Å². The van der Waals surface area contributed by atoms with Crippen LogP contribution in [0.4, 0.5) is 0 Å². The van der Waals surface area contributed by atoms with Crippen molar-refractivity contribution in [3.63, 3.8) is 0 Å². The van der Waals surface area contributed by atoms with Gasteiger partial charge in [0.05, 0.1) is 5.54 Å². The summed E-state index contributed by atoms with van der Waals surface area (Å²) >= 11 is 0. The minimum atomic E-state index is -0.279. The molecule has 1 aliphatic rings. The van der Waals surface area contributed by atoms with Crippen LogP contribution in [0.15, 0.2) is 29.1 Å². The molecule has 2 atom stereocenters. The van der Waals surface area contributed by atoms with Crippen LogP contribution in [0, 0.1) is 12.8 Å². The first kappa shape index (κ1) is 19.8. The number of tetrazole rings is 1. The molecule has 1 N–H and O–H groups in total. The fraction of sp³-hybridized carbons (Fsp3) is 0.545. The number of piperidine rings is 1. The number of aromatic nitrogens is 5. The molecule has 1 saturated heterocycles. The van der Waals surface area contributed by atoms with Crippen LogP contribution in [0.2, 0.25) is 0 Å². The van der Waals surface area contributed by atoms with Gasteiger partial charge in [-0.2, -0.15) is 0 Å². The van der Waals surface area contributed by atoms with Gasteiger partial charge < -0.3 is 4.98 Å². The molecule has 7 heteroatoms. The summed E-state index contributed by atoms with van der Waals surface area (Å²) in [5.41, 5.74) is 2.34. The fourth-order valence-electron chi connectivity index (χ4n) is 4.34. The fourth-order valence-corrected chi connectivity index (χ4v) is 4.34. The van der Waals surface area contributed by atoms with Crippen LogP contribution in [0.3, 0.4) is 0 Å². The maximum atomic E-state index is 13.2. The van der Waals surface area contributed by atoms with E-state index < -0.39 is 0 Å². The number of nitrogens with zero attached hydrogens (tertiary/aromatic N) is 5. The third-order valence-corrected chi connectivity index (χ3v) is 5.75. The number of hydrogen-bond donors (Lipinski definition) is 1. The highest BCUT2D eigenvalue weighted by atomic mass is 16.1. The van der Waals surface area contributed by atoms with Crippen molar-refractivity contribution in [1.29, 1.82) is 0 Å². The van der Waals surface area contributed by atoms with Crippen LogP contribution in [0.5, 0.6) is 0 Å². The zero-order chi connectivity index (χ0) is 20.8. The number of pyridine rings is 1. The third-order valence-electron chi connectivity index (χ3n) is 5.75. The molecule has 0 amide bonds. The Hall–Kier alpha value is -2.54. The molecule has 1 aliphatic heterocycles. The highest BCUT2D eigenvalue weighted by molar-refractivity contribution is 5.79. The summed E-state index contributed by atoms with van der Waals surface area (Å²) in [7, 11) is 0. The number of likely N-dealkylation sites (tertiary alicyclic amines) is 1. The predicted octanol–water partition coefficient (Wildman–Crippen LogP) is 3.40. The number of aryl methyl sites for hydroxylation is 1. The second-order valence-corrected chi connectivity index (χ2v) is 9.41. The van der Waals surface area contributed by atoms with E-state index in [1.807, 2.05) is 23.7 Å². The first-order valence-electron chi connectivity index (χ1n) is 10.4. The SMILES string of the molecule is Cc1ccc2cc(C(c3nnnn3C(C)(C)C)N3CCCC(C)C3)c(=O)[nH]c2c1. The van der Waals surface area contributed by atoms with Crippen LogP contribution in [0.25, 0.3) is 10.9 Å². The Balaban J connectivity index is 1.91. The topological polar surface area (TPSA) is 79.7 Å². The van der Waals surface area contributed by atoms with Crippen molar-refractivity contribution in [1.82, 2.24) is 30.1 Å². The Morgan fingerprint density at radius 3 is 2.76 bits per heavy atom. The highest BCUT2D eigenvalue weighted by Crippen LogP contribution is 2.32. The molecule has 0 radical (unpaired) electrons. The van der Waals surface area contributed by atoms with E-state index in [1.165, 1.54) is 6.42 Å². The standard InChI is InChI=1S/C22H30N6O/c1-14-8-9-16-12-17(21(29)23-18(16)11-14)19(27-10-6-7-15(2)13-27)20-24-25-26-28(20)22(3,4)5/h8-9,11-12,15,19H,6-7,10,13H2,1-5H3,(H,23,29). The summed E-state index contributed by atoms with van der Waals surface area (Å²) in [5.74, 6) is 1.30. The Morgan fingerprint density at radius 1 is 1.24 bits per heavy atom. The first-order chi connectivity index (χ1) is 13.7. The van der Waals surface area contributed by atoms with Crippen molar-refractivity contribution >= 4 is 10.9 Å². The van der Waals surface area contributed by atoms with Gasteiger partial charge in [0.25, 0.3) is 5.56 Å². The Morgan fingerprint density at radius 2 is 2.03 bits per heavy atom. The zero-order valence-electron chi connectivity index (χ0n) is 17.9. The van der Waals surface area contributed by atoms with Crippen molar-refractivity contribution in [2.45, 2.75) is 59.0 Å². The van der Waals surface area contributed by atoms with Gasteiger partial charge in [-0.25, -0.2) is 4.68 Å². The van der Waals surface area contributed by atoms with Crippen molar-refractivity contribution in [3.05, 3.63) is 51.6 Å². The van der Waals surface area contributed by atoms with Crippen LogP contribution in [-0.2, 0) is 5.54 Å². The van der Waals surface area contributed by atoms with Crippen molar-refractivity contribution < 1.29 is 0 Å². The normalized spacial score (nSPS) is 19.6. The molecule has 3 aromatic rings. The maximum Gasteiger partial charge on any atom is 0.253 e. The number of nitrogens with one attached hydrogen (secondary N) is 1. The summed E-state index contributed by atoms with van der Waals surface area (Å²) in [5, 5.41) is 13.7. The molecular weight excluding hydrogens is 364 g/mol. The molecular formula is C22H30N6O. The molecule has 1 fully saturated rings. The number of fused-ring (bicyclic) bond motifs is 1. The first-order valence-corrected chi connectivity index (χ1v) is 10.4. The monoisotopic (exact) mass is 394 g/mol. The molecule has 0 aliphatic carbocycles. The van der Waals surface area contributed by atoms with Crippen molar-refractivity contribution in [3.8, 4) is 0 Å². The van der Waals surface area contributed by atoms with Gasteiger partial charge in [0.15, 0.2) is 5.82 Å². The van der Waals surface area contributed by atoms with E-state index in [-0.39, 0.29) is 17.1 Å². The van der Waals surface area contributed by atoms with Crippen LogP contribution in [-0.4, -0.2) is 43.2 Å². The second kappa shape index (κ2) is 7.37. The Bertz CT molecular complexity index is 1080. The molecule has 0 saturated carbocycles. The van der Waals surface area contributed by atoms with E-state index in [4.69, 9.17) is 0 Å². The Labute approximate surface area is 171 Å². The molecule has 4 rings (SSSR count). The number of benzene rings is 1. The largest absolute Gasteiger partial charge is 0.322 e. The van der Waals surface area contributed by atoms with Gasteiger partial charge in [-0.1, -0.05) is 19.1 Å². The van der Waals surface area contributed by atoms with Crippen molar-refractivity contribution in [2.75, 3.05) is 13.1 Å². The smallest absolute Gasteiger partial charge is 0.253 e. The van der Waals surface area contributed by atoms with Gasteiger partial charge in [0, 0.05) is 17.6 Å². The molecule has 0 spiro atoms. The summed E-state index contributed by atoms with van der Waals surface area (Å²) < 4.78 is 1.86. The van der Waals surface area contributed by atoms with Gasteiger partial charge in [-0.05, 0) is 86.5 Å². The summed E-state index contributed by atoms with van der Waals surface area (Å²) in [6.45, 7) is 12.4. The third kappa shape index (κ3) is 3.83. The Kier molecular flexibility index (Phi) is 5.02. The van der Waals surface area contributed by atoms with E-state index in [2.05, 4.69) is 65.2 Å². The van der Waals surface area contributed by atoms with Crippen LogP contribution in [0.1, 0.15) is 63.5 Å². The van der Waals surface area contributed by atoms with E-state index in [9.17, 15) is 4.79 Å². The number of H-pyrrole nitrogens is 1. The zero-order valence-corrected chi connectivity index (χ0v) is 17.9. The number of aromatic amines is 1. The molecule has 2 unspecified atom stereocenters. The second-order valence-electron chi connectivity index (χ2n) is 9.41. The molecule has 154 valence electrons. The quantitative estimate of drug-likeness (QED) is 0.736. The average Bonchev–Trinajstić information content (AvgIpc) is 3.12. The molecule has 7 nitrogen and oxygen atoms in total. The maximum absolute atomic E-state index is 13.2. The highest BCUT2D eigenvalue weighted by Gasteiger charge is 2.34. The molecule has 0 bridgehead atoms. The van der Waals surface area contributed by atoms with Gasteiger partial charge >= 0.3 is 0 Å². The summed E-state index contributed by atoms with van der Waals surface area (Å²) in [6.07, 6.45) is 2.32. The van der Waals surface area contributed by atoms with E-state index in [0.29, 0.717) is 11.5 Å². The molecule has 3 heterocycles. The van der Waals surface area contributed by atoms with Crippen LogP contribution >= 0.6 is 0 Å². The van der Waals surface area contributed by atoms with E-state index in [0.717, 1.165) is 41.8 Å². The average molecular weight is 395 g/mol. The molecule has 2 aromatic heterocycles. The van der Waals surface area contributed by atoms with Gasteiger partial charge in [-0.3, -0.25) is 9.69 Å². The minimum Gasteiger partial charge on any atom is -0.322 e. The number of hydrogen-bond acceptors (Lipinski definition) is 5. The molecule has 29 heavy (non-hydrogen) atoms. The predicted molar refractivity (Wildman–Crippen MR) is 114 cm³/mol. The van der Waals surface area contributed by atoms with Crippen LogP contribution < -0.4 is 5.56 Å². The van der Waals surface area contributed by atoms with Crippen molar-refractivity contribution in [2.24, 2.45) is 5.92 Å². The molecule has 1 aromatic carbocycles. The lowest BCUT2D eigenvalue weighted by atomic mass is 9.95. The lowest BCUT2D eigenvalue weighted by Gasteiger charge is -2.37. The summed E-state index contributed by atoms with van der Waals surface area (Å²) in [4.78, 5) is 18.7. The van der Waals surface area contributed by atoms with E-state index in [1.54, 1.807) is 0 Å². The minimum absolute atomic E-state index is 0.0743. The lowest BCUT2D eigenvalue weighted by Crippen LogP contribution is -2.42. The summed E-state index contributed by atoms with van der Waals surface area (Å²) in [6, 6.07) is 7.88. The van der Waals surface area contributed by atoms with E-state index >= 15 is 0 Å². The van der Waals surface area contributed by atoms with Gasteiger partial charge in [0.2, 0.25) is 0 Å². The van der Waals surface area contributed by atoms with Gasteiger partial charge in [0.1, 0.15) is 6.04 Å². The lowest BCUT2D eigenvalue weighted by molar-refractivity contribution is 0.137. The number of rotatable bonds is 3.